The third-order valence-corrected chi connectivity index (χ3v) is 2.21. The van der Waals surface area contributed by atoms with Crippen molar-refractivity contribution in [3.8, 4) is 11.3 Å². The Bertz CT molecular complexity index is 490. The largest absolute Gasteiger partial charge is 0.337 e. The van der Waals surface area contributed by atoms with E-state index in [0.29, 0.717) is 4.77 Å². The van der Waals surface area contributed by atoms with Crippen molar-refractivity contribution in [2.24, 2.45) is 0 Å². The van der Waals surface area contributed by atoms with Gasteiger partial charge in [-0.15, -0.1) is 0 Å². The van der Waals surface area contributed by atoms with Crippen LogP contribution in [0.15, 0.2) is 18.3 Å². The molecule has 0 unspecified atom stereocenters. The lowest BCUT2D eigenvalue weighted by molar-refractivity contribution is 1.12. The van der Waals surface area contributed by atoms with Crippen molar-refractivity contribution in [2.75, 3.05) is 0 Å². The molecule has 2 aromatic rings. The van der Waals surface area contributed by atoms with Crippen molar-refractivity contribution >= 4 is 12.2 Å². The molecule has 0 spiro atoms. The van der Waals surface area contributed by atoms with Gasteiger partial charge in [-0.3, -0.25) is 4.98 Å². The Morgan fingerprint density at radius 1 is 1.21 bits per heavy atom. The van der Waals surface area contributed by atoms with Crippen LogP contribution in [0.5, 0.6) is 0 Å². The van der Waals surface area contributed by atoms with E-state index in [2.05, 4.69) is 15.0 Å². The van der Waals surface area contributed by atoms with Crippen LogP contribution in [0.3, 0.4) is 0 Å². The summed E-state index contributed by atoms with van der Waals surface area (Å²) in [4.78, 5) is 10.3. The summed E-state index contributed by atoms with van der Waals surface area (Å²) in [5.41, 5.74) is 4.15. The van der Waals surface area contributed by atoms with Gasteiger partial charge >= 0.3 is 0 Å². The van der Waals surface area contributed by atoms with Crippen molar-refractivity contribution in [2.45, 2.75) is 13.8 Å². The summed E-state index contributed by atoms with van der Waals surface area (Å²) < 4.78 is 0.645. The van der Waals surface area contributed by atoms with Gasteiger partial charge in [-0.1, -0.05) is 0 Å². The molecule has 0 aromatic carbocycles. The number of aryl methyl sites for hydroxylation is 2. The summed E-state index contributed by atoms with van der Waals surface area (Å²) in [5, 5.41) is 0. The Hall–Kier alpha value is -1.42. The number of imidazole rings is 1. The molecule has 0 radical (unpaired) electrons. The van der Waals surface area contributed by atoms with Crippen LogP contribution in [0, 0.1) is 18.6 Å². The van der Waals surface area contributed by atoms with Crippen LogP contribution >= 0.6 is 12.2 Å². The minimum Gasteiger partial charge on any atom is -0.337 e. The maximum Gasteiger partial charge on any atom is 0.174 e. The van der Waals surface area contributed by atoms with Gasteiger partial charge in [0, 0.05) is 23.1 Å². The van der Waals surface area contributed by atoms with Crippen LogP contribution in [0.2, 0.25) is 0 Å². The van der Waals surface area contributed by atoms with Crippen LogP contribution in [-0.2, 0) is 0 Å². The number of nitrogens with zero attached hydrogens (tertiary/aromatic N) is 1. The molecular weight excluding hydrogens is 194 g/mol. The number of H-pyrrole nitrogens is 2. The first kappa shape index (κ1) is 9.15. The zero-order valence-corrected chi connectivity index (χ0v) is 8.90. The third kappa shape index (κ3) is 1.75. The Morgan fingerprint density at radius 3 is 2.36 bits per heavy atom. The second-order valence-electron chi connectivity index (χ2n) is 3.30. The monoisotopic (exact) mass is 205 g/mol. The van der Waals surface area contributed by atoms with Crippen molar-refractivity contribution in [3.05, 3.63) is 34.5 Å². The van der Waals surface area contributed by atoms with E-state index in [-0.39, 0.29) is 0 Å². The van der Waals surface area contributed by atoms with E-state index >= 15 is 0 Å². The first-order valence-electron chi connectivity index (χ1n) is 4.38. The molecule has 0 amide bonds. The second-order valence-corrected chi connectivity index (χ2v) is 3.70. The van der Waals surface area contributed by atoms with Crippen molar-refractivity contribution < 1.29 is 0 Å². The predicted octanol–water partition coefficient (Wildman–Crippen LogP) is 2.75. The topological polar surface area (TPSA) is 44.5 Å². The summed E-state index contributed by atoms with van der Waals surface area (Å²) >= 11 is 4.97. The molecule has 0 atom stereocenters. The highest BCUT2D eigenvalue weighted by Crippen LogP contribution is 2.17. The normalized spacial score (nSPS) is 10.4. The highest BCUT2D eigenvalue weighted by Gasteiger charge is 2.01. The average Bonchev–Trinajstić information content (AvgIpc) is 2.50. The molecular formula is C10H11N3S. The Balaban J connectivity index is 2.56. The van der Waals surface area contributed by atoms with Crippen molar-refractivity contribution in [1.29, 1.82) is 0 Å². The Kier molecular flexibility index (Phi) is 2.21. The van der Waals surface area contributed by atoms with Gasteiger partial charge in [0.05, 0.1) is 5.69 Å². The van der Waals surface area contributed by atoms with E-state index < -0.39 is 0 Å². The molecule has 14 heavy (non-hydrogen) atoms. The van der Waals surface area contributed by atoms with Crippen molar-refractivity contribution in [3.63, 3.8) is 0 Å². The number of hydrogen-bond donors (Lipinski definition) is 2. The van der Waals surface area contributed by atoms with E-state index in [1.165, 1.54) is 0 Å². The summed E-state index contributed by atoms with van der Waals surface area (Å²) in [6.07, 6.45) is 1.87. The van der Waals surface area contributed by atoms with E-state index in [1.807, 2.05) is 32.2 Å². The van der Waals surface area contributed by atoms with Crippen LogP contribution < -0.4 is 0 Å². The number of pyridine rings is 1. The fourth-order valence-corrected chi connectivity index (χ4v) is 1.65. The number of nitrogens with one attached hydrogen (secondary N) is 2. The minimum absolute atomic E-state index is 0.645. The molecule has 0 aliphatic heterocycles. The first-order chi connectivity index (χ1) is 6.65. The van der Waals surface area contributed by atoms with E-state index in [9.17, 15) is 0 Å². The average molecular weight is 205 g/mol. The fraction of sp³-hybridized carbons (Fsp3) is 0.200. The highest BCUT2D eigenvalue weighted by molar-refractivity contribution is 7.71. The summed E-state index contributed by atoms with van der Waals surface area (Å²) in [6, 6.07) is 4.06. The molecule has 0 fully saturated rings. The molecule has 4 heteroatoms. The molecule has 2 heterocycles. The molecule has 2 rings (SSSR count). The van der Waals surface area contributed by atoms with Gasteiger partial charge < -0.3 is 9.97 Å². The molecule has 0 aliphatic carbocycles. The minimum atomic E-state index is 0.645. The Labute approximate surface area is 87.2 Å². The molecule has 2 aromatic heterocycles. The smallest absolute Gasteiger partial charge is 0.174 e. The number of rotatable bonds is 1. The molecule has 0 aliphatic rings. The number of aromatic nitrogens is 3. The van der Waals surface area contributed by atoms with Gasteiger partial charge in [-0.25, -0.2) is 0 Å². The second kappa shape index (κ2) is 3.38. The maximum atomic E-state index is 4.97. The summed E-state index contributed by atoms with van der Waals surface area (Å²) in [6.45, 7) is 3.97. The SMILES string of the molecule is Cc1cc(-c2c[nH]c(=S)[nH]2)cc(C)n1. The van der Waals surface area contributed by atoms with Crippen LogP contribution in [0.4, 0.5) is 0 Å². The zero-order chi connectivity index (χ0) is 10.1. The standard InChI is InChI=1S/C10H11N3S/c1-6-3-8(4-7(2)12-6)9-5-11-10(14)13-9/h3-5H,1-2H3,(H2,11,13,14). The summed E-state index contributed by atoms with van der Waals surface area (Å²) in [7, 11) is 0. The first-order valence-corrected chi connectivity index (χ1v) is 4.79. The van der Waals surface area contributed by atoms with Crippen molar-refractivity contribution in [1.82, 2.24) is 15.0 Å². The number of hydrogen-bond acceptors (Lipinski definition) is 2. The number of aromatic amines is 2. The third-order valence-electron chi connectivity index (χ3n) is 1.99. The van der Waals surface area contributed by atoms with Crippen LogP contribution in [-0.4, -0.2) is 15.0 Å². The highest BCUT2D eigenvalue weighted by atomic mass is 32.1. The zero-order valence-electron chi connectivity index (χ0n) is 8.09. The van der Waals surface area contributed by atoms with Gasteiger partial charge in [0.1, 0.15) is 0 Å². The van der Waals surface area contributed by atoms with Crippen LogP contribution in [0.1, 0.15) is 11.4 Å². The molecule has 2 N–H and O–H groups in total. The fourth-order valence-electron chi connectivity index (χ4n) is 1.48. The predicted molar refractivity (Wildman–Crippen MR) is 58.7 cm³/mol. The molecule has 3 nitrogen and oxygen atoms in total. The lowest BCUT2D eigenvalue weighted by Crippen LogP contribution is -1.87. The maximum absolute atomic E-state index is 4.97. The van der Waals surface area contributed by atoms with Gasteiger partial charge in [0.15, 0.2) is 4.77 Å². The lowest BCUT2D eigenvalue weighted by atomic mass is 10.1. The lowest BCUT2D eigenvalue weighted by Gasteiger charge is -2.00. The molecule has 72 valence electrons. The van der Waals surface area contributed by atoms with Gasteiger partial charge in [-0.2, -0.15) is 0 Å². The van der Waals surface area contributed by atoms with E-state index in [0.717, 1.165) is 22.6 Å². The Morgan fingerprint density at radius 2 is 1.86 bits per heavy atom. The quantitative estimate of drug-likeness (QED) is 0.703. The summed E-state index contributed by atoms with van der Waals surface area (Å²) in [5.74, 6) is 0. The molecule has 0 saturated carbocycles. The van der Waals surface area contributed by atoms with Gasteiger partial charge in [0.2, 0.25) is 0 Å². The molecule has 0 saturated heterocycles. The van der Waals surface area contributed by atoms with Gasteiger partial charge in [0.25, 0.3) is 0 Å². The van der Waals surface area contributed by atoms with E-state index in [1.54, 1.807) is 0 Å². The van der Waals surface area contributed by atoms with E-state index in [4.69, 9.17) is 12.2 Å². The van der Waals surface area contributed by atoms with Gasteiger partial charge in [-0.05, 0) is 38.2 Å². The van der Waals surface area contributed by atoms with Crippen LogP contribution in [0.25, 0.3) is 11.3 Å². The molecule has 0 bridgehead atoms.